The van der Waals surface area contributed by atoms with Gasteiger partial charge < -0.3 is 10.1 Å². The van der Waals surface area contributed by atoms with Crippen molar-refractivity contribution in [3.63, 3.8) is 0 Å². The molecule has 1 aromatic carbocycles. The van der Waals surface area contributed by atoms with Crippen molar-refractivity contribution in [3.05, 3.63) is 46.7 Å². The normalized spacial score (nSPS) is 11.3. The summed E-state index contributed by atoms with van der Waals surface area (Å²) in [6, 6.07) is 9.14. The predicted molar refractivity (Wildman–Crippen MR) is 90.5 cm³/mol. The molecule has 0 radical (unpaired) electrons. The number of hydrogen-bond acceptors (Lipinski definition) is 6. The molecule has 0 atom stereocenters. The summed E-state index contributed by atoms with van der Waals surface area (Å²) in [7, 11) is -0.750. The Morgan fingerprint density at radius 2 is 1.96 bits per heavy atom. The number of nitrogens with one attached hydrogen (secondary N) is 1. The van der Waals surface area contributed by atoms with E-state index in [9.17, 15) is 18.0 Å². The number of rotatable bonds is 6. The lowest BCUT2D eigenvalue weighted by molar-refractivity contribution is -0.119. The highest BCUT2D eigenvalue weighted by Gasteiger charge is 2.18. The Labute approximate surface area is 143 Å². The van der Waals surface area contributed by atoms with Crippen LogP contribution in [0.15, 0.2) is 46.7 Å². The summed E-state index contributed by atoms with van der Waals surface area (Å²) in [6.45, 7) is -0.457. The molecule has 0 bridgehead atoms. The Kier molecular flexibility index (Phi) is 5.71. The second kappa shape index (κ2) is 7.56. The zero-order valence-corrected chi connectivity index (χ0v) is 14.7. The van der Waals surface area contributed by atoms with E-state index in [0.717, 1.165) is 4.31 Å². The van der Waals surface area contributed by atoms with Crippen LogP contribution in [0.5, 0.6) is 0 Å². The molecule has 0 fully saturated rings. The molecule has 7 nitrogen and oxygen atoms in total. The fraction of sp³-hybridized carbons (Fsp3) is 0.200. The predicted octanol–water partition coefficient (Wildman–Crippen LogP) is 1.79. The van der Waals surface area contributed by atoms with Crippen molar-refractivity contribution in [2.24, 2.45) is 0 Å². The third-order valence-electron chi connectivity index (χ3n) is 2.95. The van der Waals surface area contributed by atoms with Gasteiger partial charge >= 0.3 is 5.97 Å². The van der Waals surface area contributed by atoms with E-state index in [0.29, 0.717) is 10.6 Å². The van der Waals surface area contributed by atoms with Crippen molar-refractivity contribution in [2.75, 3.05) is 26.0 Å². The van der Waals surface area contributed by atoms with Crippen molar-refractivity contribution in [1.82, 2.24) is 4.31 Å². The van der Waals surface area contributed by atoms with Crippen molar-refractivity contribution >= 4 is 38.9 Å². The van der Waals surface area contributed by atoms with E-state index in [-0.39, 0.29) is 4.90 Å². The van der Waals surface area contributed by atoms with Gasteiger partial charge in [-0.1, -0.05) is 12.1 Å². The molecular weight excluding hydrogens is 352 g/mol. The monoisotopic (exact) mass is 368 g/mol. The molecule has 2 aromatic rings. The van der Waals surface area contributed by atoms with Crippen LogP contribution in [0.25, 0.3) is 0 Å². The van der Waals surface area contributed by atoms with Crippen LogP contribution in [0.3, 0.4) is 0 Å². The molecule has 0 aliphatic rings. The molecule has 0 saturated heterocycles. The van der Waals surface area contributed by atoms with Crippen LogP contribution < -0.4 is 5.32 Å². The van der Waals surface area contributed by atoms with Gasteiger partial charge in [0.15, 0.2) is 6.61 Å². The number of esters is 1. The van der Waals surface area contributed by atoms with Gasteiger partial charge in [-0.05, 0) is 29.6 Å². The number of anilines is 1. The van der Waals surface area contributed by atoms with Gasteiger partial charge in [0.1, 0.15) is 4.88 Å². The van der Waals surface area contributed by atoms with Crippen molar-refractivity contribution < 1.29 is 22.7 Å². The zero-order chi connectivity index (χ0) is 17.7. The number of nitrogens with zero attached hydrogens (tertiary/aromatic N) is 1. The first-order chi connectivity index (χ1) is 11.3. The summed E-state index contributed by atoms with van der Waals surface area (Å²) in [5.74, 6) is -1.14. The Bertz CT molecular complexity index is 829. The summed E-state index contributed by atoms with van der Waals surface area (Å²) >= 11 is 1.22. The van der Waals surface area contributed by atoms with Crippen LogP contribution >= 0.6 is 11.3 Å². The maximum Gasteiger partial charge on any atom is 0.348 e. The van der Waals surface area contributed by atoms with E-state index in [1.807, 2.05) is 0 Å². The second-order valence-corrected chi connectivity index (χ2v) is 8.02. The molecule has 0 aliphatic carbocycles. The number of benzene rings is 1. The van der Waals surface area contributed by atoms with Crippen molar-refractivity contribution in [2.45, 2.75) is 4.90 Å². The van der Waals surface area contributed by atoms with E-state index >= 15 is 0 Å². The minimum absolute atomic E-state index is 0.0564. The summed E-state index contributed by atoms with van der Waals surface area (Å²) in [5.41, 5.74) is 0.301. The standard InChI is InChI=1S/C15H16N2O5S2/c1-17(2)24(20,21)12-6-3-5-11(9-12)16-14(18)10-22-15(19)13-7-4-8-23-13/h3-9H,10H2,1-2H3,(H,16,18). The Hall–Kier alpha value is -2.23. The largest absolute Gasteiger partial charge is 0.451 e. The molecular formula is C15H16N2O5S2. The molecule has 9 heteroatoms. The van der Waals surface area contributed by atoms with E-state index in [4.69, 9.17) is 4.74 Å². The van der Waals surface area contributed by atoms with Gasteiger partial charge in [-0.2, -0.15) is 0 Å². The van der Waals surface area contributed by atoms with E-state index < -0.39 is 28.5 Å². The van der Waals surface area contributed by atoms with Gasteiger partial charge in [0.25, 0.3) is 5.91 Å². The highest BCUT2D eigenvalue weighted by molar-refractivity contribution is 7.89. The molecule has 1 N–H and O–H groups in total. The lowest BCUT2D eigenvalue weighted by Crippen LogP contribution is -2.23. The Morgan fingerprint density at radius 3 is 2.58 bits per heavy atom. The number of carbonyl (C=O) groups excluding carboxylic acids is 2. The summed E-state index contributed by atoms with van der Waals surface area (Å²) in [6.07, 6.45) is 0. The highest BCUT2D eigenvalue weighted by atomic mass is 32.2. The molecule has 1 aromatic heterocycles. The summed E-state index contributed by atoms with van der Waals surface area (Å²) in [5, 5.41) is 4.23. The van der Waals surface area contributed by atoms with Gasteiger partial charge in [0, 0.05) is 19.8 Å². The van der Waals surface area contributed by atoms with E-state index in [2.05, 4.69) is 5.32 Å². The number of sulfonamides is 1. The Morgan fingerprint density at radius 1 is 1.21 bits per heavy atom. The van der Waals surface area contributed by atoms with Gasteiger partial charge in [0.2, 0.25) is 10.0 Å². The number of ether oxygens (including phenoxy) is 1. The fourth-order valence-corrected chi connectivity index (χ4v) is 3.30. The van der Waals surface area contributed by atoms with Crippen LogP contribution in [0.2, 0.25) is 0 Å². The molecule has 0 unspecified atom stereocenters. The molecule has 0 spiro atoms. The summed E-state index contributed by atoms with van der Waals surface area (Å²) < 4.78 is 30.1. The topological polar surface area (TPSA) is 92.8 Å². The van der Waals surface area contributed by atoms with Crippen LogP contribution in [0.4, 0.5) is 5.69 Å². The minimum atomic E-state index is -3.59. The number of amides is 1. The second-order valence-electron chi connectivity index (χ2n) is 4.92. The van der Waals surface area contributed by atoms with Gasteiger partial charge in [-0.15, -0.1) is 11.3 Å². The average molecular weight is 368 g/mol. The first-order valence-electron chi connectivity index (χ1n) is 6.84. The molecule has 1 amide bonds. The SMILES string of the molecule is CN(C)S(=O)(=O)c1cccc(NC(=O)COC(=O)c2cccs2)c1. The molecule has 0 saturated carbocycles. The third kappa shape index (κ3) is 4.40. The molecule has 1 heterocycles. The van der Waals surface area contributed by atoms with Gasteiger partial charge in [-0.3, -0.25) is 4.79 Å². The molecule has 24 heavy (non-hydrogen) atoms. The van der Waals surface area contributed by atoms with Crippen LogP contribution in [0, 0.1) is 0 Å². The van der Waals surface area contributed by atoms with Crippen molar-refractivity contribution in [3.8, 4) is 0 Å². The smallest absolute Gasteiger partial charge is 0.348 e. The minimum Gasteiger partial charge on any atom is -0.451 e. The quantitative estimate of drug-likeness (QED) is 0.785. The maximum absolute atomic E-state index is 12.1. The maximum atomic E-state index is 12.1. The zero-order valence-electron chi connectivity index (χ0n) is 13.1. The van der Waals surface area contributed by atoms with E-state index in [1.54, 1.807) is 23.6 Å². The average Bonchev–Trinajstić information content (AvgIpc) is 3.07. The molecule has 128 valence electrons. The highest BCUT2D eigenvalue weighted by Crippen LogP contribution is 2.18. The Balaban J connectivity index is 1.98. The fourth-order valence-electron chi connectivity index (χ4n) is 1.74. The summed E-state index contributed by atoms with van der Waals surface area (Å²) in [4.78, 5) is 23.9. The van der Waals surface area contributed by atoms with Crippen LogP contribution in [-0.4, -0.2) is 45.3 Å². The van der Waals surface area contributed by atoms with Gasteiger partial charge in [-0.25, -0.2) is 17.5 Å². The van der Waals surface area contributed by atoms with Crippen molar-refractivity contribution in [1.29, 1.82) is 0 Å². The first kappa shape index (κ1) is 18.1. The number of hydrogen-bond donors (Lipinski definition) is 1. The first-order valence-corrected chi connectivity index (χ1v) is 9.16. The number of carbonyl (C=O) groups is 2. The van der Waals surface area contributed by atoms with Crippen LogP contribution in [0.1, 0.15) is 9.67 Å². The van der Waals surface area contributed by atoms with Gasteiger partial charge in [0.05, 0.1) is 4.90 Å². The molecule has 0 aliphatic heterocycles. The number of thiophene rings is 1. The molecule has 2 rings (SSSR count). The van der Waals surface area contributed by atoms with E-state index in [1.165, 1.54) is 43.6 Å². The lowest BCUT2D eigenvalue weighted by atomic mass is 10.3. The lowest BCUT2D eigenvalue weighted by Gasteiger charge is -2.12. The third-order valence-corrected chi connectivity index (χ3v) is 5.61. The van der Waals surface area contributed by atoms with Crippen LogP contribution in [-0.2, 0) is 19.6 Å².